The molecule has 1 heterocycles. The van der Waals surface area contributed by atoms with Crippen molar-refractivity contribution >= 4 is 54.8 Å². The van der Waals surface area contributed by atoms with Gasteiger partial charge in [-0.1, -0.05) is 39.4 Å². The smallest absolute Gasteiger partial charge is 0.347 e. The van der Waals surface area contributed by atoms with E-state index in [2.05, 4.69) is 32.3 Å². The Morgan fingerprint density at radius 3 is 2.67 bits per heavy atom. The maximum atomic E-state index is 11.0. The quantitative estimate of drug-likeness (QED) is 0.701. The molecule has 0 radical (unpaired) electrons. The minimum absolute atomic E-state index is 0.266. The second-order valence-corrected chi connectivity index (χ2v) is 6.48. The van der Waals surface area contributed by atoms with Gasteiger partial charge in [-0.15, -0.1) is 0 Å². The van der Waals surface area contributed by atoms with Gasteiger partial charge in [-0.05, 0) is 42.0 Å². The van der Waals surface area contributed by atoms with Crippen LogP contribution in [0.5, 0.6) is 0 Å². The predicted molar refractivity (Wildman–Crippen MR) is 88.7 cm³/mol. The molecule has 0 fully saturated rings. The van der Waals surface area contributed by atoms with Crippen LogP contribution in [0.2, 0.25) is 0 Å². The van der Waals surface area contributed by atoms with E-state index in [9.17, 15) is 4.79 Å². The van der Waals surface area contributed by atoms with Crippen LogP contribution < -0.4 is 5.32 Å². The van der Waals surface area contributed by atoms with Gasteiger partial charge in [0.05, 0.1) is 5.69 Å². The molecule has 0 bridgehead atoms. The molecule has 1 aromatic heterocycles. The molecule has 2 N–H and O–H groups in total. The van der Waals surface area contributed by atoms with Crippen LogP contribution in [0.25, 0.3) is 10.8 Å². The van der Waals surface area contributed by atoms with Crippen LogP contribution in [-0.4, -0.2) is 16.1 Å². The summed E-state index contributed by atoms with van der Waals surface area (Å²) in [6, 6.07) is 12.0. The van der Waals surface area contributed by atoms with Crippen molar-refractivity contribution in [2.24, 2.45) is 0 Å². The fraction of sp³-hybridized carbons (Fsp3) is 0.0667. The Morgan fingerprint density at radius 2 is 1.95 bits per heavy atom. The molecule has 0 amide bonds. The average molecular weight is 363 g/mol. The van der Waals surface area contributed by atoms with Gasteiger partial charge in [0.1, 0.15) is 4.88 Å². The molecule has 2 aromatic carbocycles. The third-order valence-electron chi connectivity index (χ3n) is 3.04. The van der Waals surface area contributed by atoms with Crippen LogP contribution in [0.1, 0.15) is 15.4 Å². The first-order valence-electron chi connectivity index (χ1n) is 6.20. The molecule has 3 aromatic rings. The van der Waals surface area contributed by atoms with Gasteiger partial charge in [0.15, 0.2) is 5.13 Å². The summed E-state index contributed by atoms with van der Waals surface area (Å²) in [7, 11) is 0. The highest BCUT2D eigenvalue weighted by atomic mass is 79.9. The molecule has 0 aliphatic heterocycles. The molecule has 106 valence electrons. The van der Waals surface area contributed by atoms with Crippen molar-refractivity contribution in [3.63, 3.8) is 0 Å². The van der Waals surface area contributed by atoms with E-state index in [-0.39, 0.29) is 4.88 Å². The summed E-state index contributed by atoms with van der Waals surface area (Å²) in [5, 5.41) is 15.0. The van der Waals surface area contributed by atoms with Gasteiger partial charge in [0.2, 0.25) is 0 Å². The van der Waals surface area contributed by atoms with Crippen molar-refractivity contribution in [1.29, 1.82) is 0 Å². The number of aryl methyl sites for hydroxylation is 1. The molecule has 0 atom stereocenters. The highest BCUT2D eigenvalue weighted by Gasteiger charge is 2.13. The van der Waals surface area contributed by atoms with E-state index in [0.717, 1.165) is 32.3 Å². The second kappa shape index (κ2) is 5.46. The van der Waals surface area contributed by atoms with Gasteiger partial charge in [-0.25, -0.2) is 9.78 Å². The molecular formula is C15H11BrN2O2S. The number of carboxylic acids is 1. The van der Waals surface area contributed by atoms with Crippen LogP contribution in [0.3, 0.4) is 0 Å². The van der Waals surface area contributed by atoms with Crippen LogP contribution in [0.15, 0.2) is 40.9 Å². The monoisotopic (exact) mass is 362 g/mol. The average Bonchev–Trinajstić information content (AvgIpc) is 2.80. The van der Waals surface area contributed by atoms with Gasteiger partial charge in [-0.2, -0.15) is 0 Å². The molecule has 3 rings (SSSR count). The van der Waals surface area contributed by atoms with Crippen molar-refractivity contribution in [3.8, 4) is 0 Å². The van der Waals surface area contributed by atoms with E-state index < -0.39 is 5.97 Å². The maximum absolute atomic E-state index is 11.0. The molecule has 0 saturated heterocycles. The van der Waals surface area contributed by atoms with E-state index in [1.54, 1.807) is 6.92 Å². The standard InChI is InChI=1S/C15H11BrN2O2S/c1-8-13(14(19)20)21-15(17-8)18-12-5-3-9-6-11(16)4-2-10(9)7-12/h2-7H,1H3,(H,17,18)(H,19,20). The number of aromatic nitrogens is 1. The number of fused-ring (bicyclic) bond motifs is 1. The largest absolute Gasteiger partial charge is 0.477 e. The molecule has 0 aliphatic rings. The topological polar surface area (TPSA) is 62.2 Å². The highest BCUT2D eigenvalue weighted by molar-refractivity contribution is 9.10. The number of benzene rings is 2. The Kier molecular flexibility index (Phi) is 3.65. The van der Waals surface area contributed by atoms with Gasteiger partial charge >= 0.3 is 5.97 Å². The zero-order chi connectivity index (χ0) is 15.0. The summed E-state index contributed by atoms with van der Waals surface area (Å²) >= 11 is 4.59. The lowest BCUT2D eigenvalue weighted by Gasteiger charge is -2.05. The summed E-state index contributed by atoms with van der Waals surface area (Å²) in [5.41, 5.74) is 1.41. The number of carbonyl (C=O) groups is 1. The van der Waals surface area contributed by atoms with Gasteiger partial charge in [0.25, 0.3) is 0 Å². The summed E-state index contributed by atoms with van der Waals surface area (Å²) in [6.45, 7) is 1.70. The fourth-order valence-corrected chi connectivity index (χ4v) is 3.27. The van der Waals surface area contributed by atoms with Crippen molar-refractivity contribution in [2.45, 2.75) is 6.92 Å². The first-order valence-corrected chi connectivity index (χ1v) is 7.81. The number of aromatic carboxylic acids is 1. The molecule has 4 nitrogen and oxygen atoms in total. The number of carboxylic acid groups (broad SMARTS) is 1. The summed E-state index contributed by atoms with van der Waals surface area (Å²) in [5.74, 6) is -0.943. The lowest BCUT2D eigenvalue weighted by Crippen LogP contribution is -1.94. The highest BCUT2D eigenvalue weighted by Crippen LogP contribution is 2.28. The number of halogens is 1. The fourth-order valence-electron chi connectivity index (χ4n) is 2.07. The van der Waals surface area contributed by atoms with E-state index in [1.807, 2.05) is 30.3 Å². The number of hydrogen-bond donors (Lipinski definition) is 2. The van der Waals surface area contributed by atoms with E-state index in [1.165, 1.54) is 0 Å². The third kappa shape index (κ3) is 2.91. The molecule has 21 heavy (non-hydrogen) atoms. The summed E-state index contributed by atoms with van der Waals surface area (Å²) < 4.78 is 1.04. The zero-order valence-electron chi connectivity index (χ0n) is 11.1. The van der Waals surface area contributed by atoms with Gasteiger partial charge in [-0.3, -0.25) is 0 Å². The van der Waals surface area contributed by atoms with Crippen LogP contribution in [-0.2, 0) is 0 Å². The maximum Gasteiger partial charge on any atom is 0.347 e. The summed E-state index contributed by atoms with van der Waals surface area (Å²) in [4.78, 5) is 15.5. The molecule has 0 saturated carbocycles. The van der Waals surface area contributed by atoms with E-state index >= 15 is 0 Å². The number of rotatable bonds is 3. The molecule has 0 aliphatic carbocycles. The normalized spacial score (nSPS) is 10.8. The first kappa shape index (κ1) is 14.0. The molecule has 6 heteroatoms. The SMILES string of the molecule is Cc1nc(Nc2ccc3cc(Br)ccc3c2)sc1C(=O)O. The lowest BCUT2D eigenvalue weighted by molar-refractivity contribution is 0.0701. The predicted octanol–water partition coefficient (Wildman–Crippen LogP) is 4.81. The molecule has 0 spiro atoms. The number of nitrogens with one attached hydrogen (secondary N) is 1. The second-order valence-electron chi connectivity index (χ2n) is 4.57. The van der Waals surface area contributed by atoms with Crippen LogP contribution >= 0.6 is 27.3 Å². The number of thiazole rings is 1. The molecular weight excluding hydrogens is 352 g/mol. The van der Waals surface area contributed by atoms with Crippen molar-refractivity contribution < 1.29 is 9.90 Å². The Morgan fingerprint density at radius 1 is 1.24 bits per heavy atom. The Hall–Kier alpha value is -1.92. The minimum atomic E-state index is -0.943. The Balaban J connectivity index is 1.92. The summed E-state index contributed by atoms with van der Waals surface area (Å²) in [6.07, 6.45) is 0. The first-order chi connectivity index (χ1) is 10.0. The lowest BCUT2D eigenvalue weighted by atomic mass is 10.1. The van der Waals surface area contributed by atoms with Crippen molar-refractivity contribution in [1.82, 2.24) is 4.98 Å². The van der Waals surface area contributed by atoms with Gasteiger partial charge < -0.3 is 10.4 Å². The number of hydrogen-bond acceptors (Lipinski definition) is 4. The van der Waals surface area contributed by atoms with Crippen LogP contribution in [0.4, 0.5) is 10.8 Å². The zero-order valence-corrected chi connectivity index (χ0v) is 13.5. The number of nitrogens with zero attached hydrogens (tertiary/aromatic N) is 1. The van der Waals surface area contributed by atoms with Crippen molar-refractivity contribution in [2.75, 3.05) is 5.32 Å². The Labute approximate surface area is 133 Å². The van der Waals surface area contributed by atoms with Gasteiger partial charge in [0, 0.05) is 10.2 Å². The minimum Gasteiger partial charge on any atom is -0.477 e. The Bertz CT molecular complexity index is 845. The van der Waals surface area contributed by atoms with Crippen molar-refractivity contribution in [3.05, 3.63) is 51.4 Å². The third-order valence-corrected chi connectivity index (χ3v) is 4.60. The van der Waals surface area contributed by atoms with E-state index in [4.69, 9.17) is 5.11 Å². The molecule has 0 unspecified atom stereocenters. The van der Waals surface area contributed by atoms with Crippen LogP contribution in [0, 0.1) is 6.92 Å². The number of anilines is 2. The van der Waals surface area contributed by atoms with E-state index in [0.29, 0.717) is 10.8 Å².